The van der Waals surface area contributed by atoms with Crippen LogP contribution in [0.15, 0.2) is 4.79 Å². The number of hydrogen-bond acceptors (Lipinski definition) is 4. The zero-order valence-electron chi connectivity index (χ0n) is 13.7. The van der Waals surface area contributed by atoms with E-state index in [0.717, 1.165) is 47.4 Å². The monoisotopic (exact) mass is 307 g/mol. The lowest BCUT2D eigenvalue weighted by atomic mass is 10.2. The molecule has 0 radical (unpaired) electrons. The fourth-order valence-corrected chi connectivity index (χ4v) is 3.56. The summed E-state index contributed by atoms with van der Waals surface area (Å²) in [6.45, 7) is 7.74. The Balaban J connectivity index is 2.56. The highest BCUT2D eigenvalue weighted by molar-refractivity contribution is 7.18. The summed E-state index contributed by atoms with van der Waals surface area (Å²) in [4.78, 5) is 21.8. The van der Waals surface area contributed by atoms with Crippen LogP contribution in [0.4, 0.5) is 0 Å². The fourth-order valence-electron chi connectivity index (χ4n) is 2.52. The Morgan fingerprint density at radius 1 is 1.24 bits per heavy atom. The van der Waals surface area contributed by atoms with Crippen molar-refractivity contribution in [2.75, 3.05) is 14.1 Å². The van der Waals surface area contributed by atoms with Gasteiger partial charge in [-0.05, 0) is 39.9 Å². The van der Waals surface area contributed by atoms with Crippen molar-refractivity contribution in [3.05, 3.63) is 26.6 Å². The second kappa shape index (κ2) is 6.71. The molecule has 2 aromatic heterocycles. The second-order valence-corrected chi connectivity index (χ2v) is 7.10. The van der Waals surface area contributed by atoms with Gasteiger partial charge in [-0.3, -0.25) is 9.36 Å². The van der Waals surface area contributed by atoms with E-state index in [1.165, 1.54) is 4.88 Å². The summed E-state index contributed by atoms with van der Waals surface area (Å²) in [6.07, 6.45) is 3.34. The first-order valence-corrected chi connectivity index (χ1v) is 8.41. The Bertz CT molecular complexity index is 685. The molecule has 116 valence electrons. The first kappa shape index (κ1) is 16.2. The smallest absolute Gasteiger partial charge is 0.262 e. The average Bonchev–Trinajstić information content (AvgIpc) is 2.68. The first-order chi connectivity index (χ1) is 9.95. The molecule has 2 rings (SSSR count). The Labute approximate surface area is 130 Å². The molecule has 0 aliphatic carbocycles. The van der Waals surface area contributed by atoms with Crippen molar-refractivity contribution in [2.24, 2.45) is 0 Å². The van der Waals surface area contributed by atoms with Gasteiger partial charge in [-0.1, -0.05) is 19.8 Å². The zero-order chi connectivity index (χ0) is 15.6. The van der Waals surface area contributed by atoms with Crippen LogP contribution in [0.2, 0.25) is 0 Å². The molecule has 0 amide bonds. The number of fused-ring (bicyclic) bond motifs is 1. The largest absolute Gasteiger partial charge is 0.302 e. The number of unbranched alkanes of at least 4 members (excludes halogenated alkanes) is 2. The topological polar surface area (TPSA) is 38.1 Å². The van der Waals surface area contributed by atoms with Crippen LogP contribution >= 0.6 is 11.3 Å². The quantitative estimate of drug-likeness (QED) is 0.768. The summed E-state index contributed by atoms with van der Waals surface area (Å²) in [5.74, 6) is 0.884. The van der Waals surface area contributed by atoms with E-state index in [1.807, 2.05) is 25.6 Å². The van der Waals surface area contributed by atoms with E-state index in [9.17, 15) is 4.79 Å². The third-order valence-electron chi connectivity index (χ3n) is 3.81. The molecular weight excluding hydrogens is 282 g/mol. The average molecular weight is 307 g/mol. The van der Waals surface area contributed by atoms with Crippen LogP contribution in [0.5, 0.6) is 0 Å². The van der Waals surface area contributed by atoms with E-state index < -0.39 is 0 Å². The van der Waals surface area contributed by atoms with Crippen molar-refractivity contribution < 1.29 is 0 Å². The third-order valence-corrected chi connectivity index (χ3v) is 4.91. The van der Waals surface area contributed by atoms with Gasteiger partial charge in [-0.25, -0.2) is 4.98 Å². The van der Waals surface area contributed by atoms with Crippen molar-refractivity contribution in [1.82, 2.24) is 14.5 Å². The van der Waals surface area contributed by atoms with E-state index in [1.54, 1.807) is 11.3 Å². The summed E-state index contributed by atoms with van der Waals surface area (Å²) in [6, 6.07) is 0. The van der Waals surface area contributed by atoms with E-state index in [0.29, 0.717) is 6.54 Å². The summed E-state index contributed by atoms with van der Waals surface area (Å²) < 4.78 is 1.89. The van der Waals surface area contributed by atoms with Gasteiger partial charge >= 0.3 is 0 Å². The number of rotatable bonds is 6. The van der Waals surface area contributed by atoms with Crippen molar-refractivity contribution >= 4 is 21.6 Å². The molecule has 5 heteroatoms. The maximum absolute atomic E-state index is 12.9. The standard InChI is InChI=1S/C16H25N3OS/c1-6-7-8-9-19-13(10-18(4)5)17-15-14(16(19)20)11(2)12(3)21-15/h6-10H2,1-5H3. The minimum absolute atomic E-state index is 0.134. The molecule has 0 saturated heterocycles. The third kappa shape index (κ3) is 3.35. The molecule has 0 N–H and O–H groups in total. The van der Waals surface area contributed by atoms with Crippen molar-refractivity contribution in [2.45, 2.75) is 53.1 Å². The Morgan fingerprint density at radius 3 is 2.57 bits per heavy atom. The van der Waals surface area contributed by atoms with Crippen LogP contribution < -0.4 is 5.56 Å². The van der Waals surface area contributed by atoms with Gasteiger partial charge in [0.1, 0.15) is 10.7 Å². The highest BCUT2D eigenvalue weighted by Crippen LogP contribution is 2.26. The van der Waals surface area contributed by atoms with Gasteiger partial charge in [0.2, 0.25) is 0 Å². The van der Waals surface area contributed by atoms with E-state index >= 15 is 0 Å². The summed E-state index contributed by atoms with van der Waals surface area (Å²) >= 11 is 1.63. The zero-order valence-corrected chi connectivity index (χ0v) is 14.5. The number of hydrogen-bond donors (Lipinski definition) is 0. The molecule has 4 nitrogen and oxygen atoms in total. The van der Waals surface area contributed by atoms with Crippen LogP contribution in [0, 0.1) is 13.8 Å². The molecule has 2 heterocycles. The highest BCUT2D eigenvalue weighted by Gasteiger charge is 2.16. The molecule has 0 atom stereocenters. The maximum Gasteiger partial charge on any atom is 0.262 e. The van der Waals surface area contributed by atoms with Gasteiger partial charge in [0, 0.05) is 11.4 Å². The molecule has 0 bridgehead atoms. The highest BCUT2D eigenvalue weighted by atomic mass is 32.1. The van der Waals surface area contributed by atoms with Crippen LogP contribution in [-0.2, 0) is 13.1 Å². The summed E-state index contributed by atoms with van der Waals surface area (Å²) in [5.41, 5.74) is 1.22. The minimum atomic E-state index is 0.134. The van der Waals surface area contributed by atoms with Gasteiger partial charge in [0.05, 0.1) is 11.9 Å². The van der Waals surface area contributed by atoms with Gasteiger partial charge in [-0.2, -0.15) is 0 Å². The molecule has 0 aromatic carbocycles. The van der Waals surface area contributed by atoms with Crippen molar-refractivity contribution in [3.8, 4) is 0 Å². The predicted molar refractivity (Wildman–Crippen MR) is 90.3 cm³/mol. The Morgan fingerprint density at radius 2 is 1.95 bits per heavy atom. The van der Waals surface area contributed by atoms with Crippen molar-refractivity contribution in [1.29, 1.82) is 0 Å². The first-order valence-electron chi connectivity index (χ1n) is 7.59. The van der Waals surface area contributed by atoms with Crippen LogP contribution in [0.1, 0.15) is 42.5 Å². The summed E-state index contributed by atoms with van der Waals surface area (Å²) in [5, 5.41) is 0.816. The number of nitrogens with zero attached hydrogens (tertiary/aromatic N) is 3. The van der Waals surface area contributed by atoms with E-state index in [-0.39, 0.29) is 5.56 Å². The number of thiophene rings is 1. The van der Waals surface area contributed by atoms with Gasteiger partial charge in [0.15, 0.2) is 0 Å². The maximum atomic E-state index is 12.9. The lowest BCUT2D eigenvalue weighted by Crippen LogP contribution is -2.28. The van der Waals surface area contributed by atoms with E-state index in [2.05, 4.69) is 18.7 Å². The van der Waals surface area contributed by atoms with Crippen LogP contribution in [0.3, 0.4) is 0 Å². The predicted octanol–water partition coefficient (Wildman–Crippen LogP) is 3.33. The van der Waals surface area contributed by atoms with Gasteiger partial charge in [0.25, 0.3) is 5.56 Å². The normalized spacial score (nSPS) is 11.7. The SMILES string of the molecule is CCCCCn1c(CN(C)C)nc2sc(C)c(C)c2c1=O. The lowest BCUT2D eigenvalue weighted by molar-refractivity contribution is 0.374. The molecule has 21 heavy (non-hydrogen) atoms. The van der Waals surface area contributed by atoms with Crippen LogP contribution in [-0.4, -0.2) is 28.5 Å². The minimum Gasteiger partial charge on any atom is -0.302 e. The Kier molecular flexibility index (Phi) is 5.17. The molecule has 0 unspecified atom stereocenters. The Hall–Kier alpha value is -1.20. The van der Waals surface area contributed by atoms with Crippen LogP contribution in [0.25, 0.3) is 10.2 Å². The molecule has 0 fully saturated rings. The fraction of sp³-hybridized carbons (Fsp3) is 0.625. The molecular formula is C16H25N3OS. The molecule has 0 saturated carbocycles. The molecule has 0 aliphatic heterocycles. The number of aromatic nitrogens is 2. The summed E-state index contributed by atoms with van der Waals surface area (Å²) in [7, 11) is 4.02. The molecule has 0 spiro atoms. The van der Waals surface area contributed by atoms with Crippen molar-refractivity contribution in [3.63, 3.8) is 0 Å². The van der Waals surface area contributed by atoms with Gasteiger partial charge in [-0.15, -0.1) is 11.3 Å². The molecule has 2 aromatic rings. The lowest BCUT2D eigenvalue weighted by Gasteiger charge is -2.15. The number of aryl methyl sites for hydroxylation is 2. The second-order valence-electron chi connectivity index (χ2n) is 5.89. The molecule has 0 aliphatic rings. The van der Waals surface area contributed by atoms with E-state index in [4.69, 9.17) is 4.98 Å². The van der Waals surface area contributed by atoms with Gasteiger partial charge < -0.3 is 4.90 Å².